The lowest BCUT2D eigenvalue weighted by Gasteiger charge is -2.23. The van der Waals surface area contributed by atoms with Gasteiger partial charge in [0.15, 0.2) is 11.4 Å². The van der Waals surface area contributed by atoms with Gasteiger partial charge in [-0.25, -0.2) is 9.97 Å². The Labute approximate surface area is 378 Å². The Morgan fingerprint density at radius 1 is 0.547 bits per heavy atom. The second-order valence-electron chi connectivity index (χ2n) is 15.4. The van der Waals surface area contributed by atoms with E-state index in [2.05, 4.69) is 52.3 Å². The maximum absolute atomic E-state index is 13.3. The number of fused-ring (bicyclic) bond motifs is 2. The molecule has 4 aromatic carbocycles. The summed E-state index contributed by atoms with van der Waals surface area (Å²) in [6.45, 7) is 3.12. The van der Waals surface area contributed by atoms with Crippen LogP contribution >= 0.6 is 15.9 Å². The molecule has 15 heteroatoms. The monoisotopic (exact) mass is 922 g/mol. The molecular weight excluding hydrogens is 876 g/mol. The second-order valence-corrected chi connectivity index (χ2v) is 16.0. The van der Waals surface area contributed by atoms with Gasteiger partial charge in [0.1, 0.15) is 0 Å². The van der Waals surface area contributed by atoms with Gasteiger partial charge < -0.3 is 30.7 Å². The fourth-order valence-corrected chi connectivity index (χ4v) is 8.38. The molecule has 0 bridgehead atoms. The number of halogens is 1. The van der Waals surface area contributed by atoms with Crippen molar-refractivity contribution in [2.45, 2.75) is 49.6 Å². The van der Waals surface area contributed by atoms with Crippen molar-refractivity contribution in [3.63, 3.8) is 0 Å². The Balaban J connectivity index is 0.000000176. The average Bonchev–Trinajstić information content (AvgIpc) is 3.85. The molecule has 0 aliphatic carbocycles. The highest BCUT2D eigenvalue weighted by Gasteiger charge is 2.23. The van der Waals surface area contributed by atoms with E-state index >= 15 is 0 Å². The summed E-state index contributed by atoms with van der Waals surface area (Å²) in [5.74, 6) is -1.17. The zero-order valence-electron chi connectivity index (χ0n) is 35.0. The number of carbonyl (C=O) groups excluding carboxylic acids is 4. The Bertz CT molecular complexity index is 2770. The summed E-state index contributed by atoms with van der Waals surface area (Å²) in [7, 11) is 0. The van der Waals surface area contributed by atoms with Gasteiger partial charge in [0, 0.05) is 79.8 Å². The van der Waals surface area contributed by atoms with Gasteiger partial charge in [0.2, 0.25) is 0 Å². The van der Waals surface area contributed by atoms with Crippen molar-refractivity contribution in [3.8, 4) is 0 Å². The third-order valence-electron chi connectivity index (χ3n) is 11.2. The molecule has 0 radical (unpaired) electrons. The summed E-state index contributed by atoms with van der Waals surface area (Å²) < 4.78 is 12.5. The van der Waals surface area contributed by atoms with Gasteiger partial charge in [-0.15, -0.1) is 0 Å². The summed E-state index contributed by atoms with van der Waals surface area (Å²) in [4.78, 5) is 60.5. The molecule has 0 spiro atoms. The lowest BCUT2D eigenvalue weighted by atomic mass is 9.99. The number of amides is 4. The predicted molar refractivity (Wildman–Crippen MR) is 249 cm³/mol. The molecule has 0 unspecified atom stereocenters. The van der Waals surface area contributed by atoms with Crippen molar-refractivity contribution < 1.29 is 28.7 Å². The number of hydrogen-bond donors (Lipinski definition) is 4. The summed E-state index contributed by atoms with van der Waals surface area (Å²) in [5.41, 5.74) is 4.42. The van der Waals surface area contributed by atoms with Crippen LogP contribution in [0.25, 0.3) is 21.5 Å². The number of hydrogen-bond acceptors (Lipinski definition) is 9. The number of nitrogens with one attached hydrogen (secondary N) is 4. The molecule has 64 heavy (non-hydrogen) atoms. The zero-order chi connectivity index (χ0) is 44.3. The van der Waals surface area contributed by atoms with E-state index in [0.29, 0.717) is 60.8 Å². The molecule has 0 saturated carbocycles. The van der Waals surface area contributed by atoms with Crippen LogP contribution in [0.1, 0.15) is 78.5 Å². The molecule has 2 fully saturated rings. The third kappa shape index (κ3) is 10.5. The van der Waals surface area contributed by atoms with Crippen LogP contribution in [-0.2, 0) is 21.3 Å². The van der Waals surface area contributed by atoms with Crippen molar-refractivity contribution in [2.75, 3.05) is 37.1 Å². The third-order valence-corrected chi connectivity index (χ3v) is 11.8. The van der Waals surface area contributed by atoms with E-state index in [1.54, 1.807) is 42.9 Å². The number of aromatic nitrogens is 4. The minimum absolute atomic E-state index is 0.0399. The number of pyridine rings is 2. The zero-order valence-corrected chi connectivity index (χ0v) is 36.6. The van der Waals surface area contributed by atoms with Crippen LogP contribution in [0.5, 0.6) is 0 Å². The molecule has 3 aromatic heterocycles. The standard InChI is InChI=1S/C26H25N5O3.C23H22BrN3O3/c32-25(30-23-7-3-12-27-24(23)26(33)29-19-10-15-34-16-11-19)22-9-8-18(17-31-14-4-13-28-31)20-5-1-2-6-21(20)22;24-14-15-7-8-19(18-5-2-1-4-17(15)18)22(28)27-20-6-3-11-25-21(20)23(29)26-16-9-12-30-13-10-16/h1-9,12-14,19H,10-11,15-17H2,(H,29,33)(H,30,32);1-8,11,16H,9-10,12-14H2,(H,26,29)(H,27,28). The maximum Gasteiger partial charge on any atom is 0.272 e. The van der Waals surface area contributed by atoms with Crippen LogP contribution in [0.15, 0.2) is 128 Å². The summed E-state index contributed by atoms with van der Waals surface area (Å²) in [6, 6.07) is 31.9. The Hall–Kier alpha value is -6.81. The number of rotatable bonds is 11. The van der Waals surface area contributed by atoms with Crippen LogP contribution in [0.3, 0.4) is 0 Å². The highest BCUT2D eigenvalue weighted by atomic mass is 79.9. The van der Waals surface area contributed by atoms with E-state index in [-0.39, 0.29) is 47.1 Å². The number of alkyl halides is 1. The van der Waals surface area contributed by atoms with E-state index in [9.17, 15) is 19.2 Å². The first-order valence-electron chi connectivity index (χ1n) is 21.2. The topological polar surface area (TPSA) is 178 Å². The molecule has 0 atom stereocenters. The molecule has 326 valence electrons. The van der Waals surface area contributed by atoms with Crippen molar-refractivity contribution in [3.05, 3.63) is 162 Å². The largest absolute Gasteiger partial charge is 0.381 e. The highest BCUT2D eigenvalue weighted by Crippen LogP contribution is 2.27. The minimum Gasteiger partial charge on any atom is -0.381 e. The average molecular weight is 924 g/mol. The van der Waals surface area contributed by atoms with E-state index in [4.69, 9.17) is 9.47 Å². The predicted octanol–water partition coefficient (Wildman–Crippen LogP) is 7.93. The summed E-state index contributed by atoms with van der Waals surface area (Å²) >= 11 is 3.50. The first kappa shape index (κ1) is 43.8. The van der Waals surface area contributed by atoms with Gasteiger partial charge in [-0.2, -0.15) is 5.10 Å². The van der Waals surface area contributed by atoms with Crippen LogP contribution in [0, 0.1) is 0 Å². The number of ether oxygens (including phenoxy) is 2. The van der Waals surface area contributed by atoms with Crippen molar-refractivity contribution in [1.82, 2.24) is 30.4 Å². The Kier molecular flexibility index (Phi) is 14.4. The van der Waals surface area contributed by atoms with Gasteiger partial charge in [-0.1, -0.05) is 76.6 Å². The van der Waals surface area contributed by atoms with Gasteiger partial charge in [0.05, 0.1) is 17.9 Å². The summed E-state index contributed by atoms with van der Waals surface area (Å²) in [6.07, 6.45) is 9.81. The van der Waals surface area contributed by atoms with Gasteiger partial charge in [-0.3, -0.25) is 23.9 Å². The molecular formula is C49H47BrN8O6. The van der Waals surface area contributed by atoms with Crippen molar-refractivity contribution in [1.29, 1.82) is 0 Å². The van der Waals surface area contributed by atoms with E-state index < -0.39 is 0 Å². The van der Waals surface area contributed by atoms with Crippen LogP contribution in [0.2, 0.25) is 0 Å². The SMILES string of the molecule is O=C(NC1CCOCC1)c1ncccc1NC(=O)c1ccc(CBr)c2ccccc12.O=C(NC1CCOCC1)c1ncccc1NC(=O)c1ccc(Cn2cccn2)c2ccccc12. The minimum atomic E-state index is -0.303. The van der Waals surface area contributed by atoms with Crippen LogP contribution in [-0.4, -0.2) is 81.9 Å². The number of anilines is 2. The van der Waals surface area contributed by atoms with Crippen molar-refractivity contribution in [2.24, 2.45) is 0 Å². The number of benzene rings is 4. The molecule has 7 aromatic rings. The van der Waals surface area contributed by atoms with Gasteiger partial charge >= 0.3 is 0 Å². The summed E-state index contributed by atoms with van der Waals surface area (Å²) in [5, 5.41) is 20.5. The molecule has 4 amide bonds. The number of nitrogens with zero attached hydrogens (tertiary/aromatic N) is 4. The fraction of sp³-hybridized carbons (Fsp3) is 0.245. The van der Waals surface area contributed by atoms with Crippen molar-refractivity contribution >= 4 is 72.5 Å². The first-order chi connectivity index (χ1) is 31.4. The quantitative estimate of drug-likeness (QED) is 0.0939. The van der Waals surface area contributed by atoms with E-state index in [1.807, 2.05) is 89.7 Å². The molecule has 14 nitrogen and oxygen atoms in total. The lowest BCUT2D eigenvalue weighted by Crippen LogP contribution is -2.39. The first-order valence-corrected chi connectivity index (χ1v) is 22.3. The molecule has 9 rings (SSSR count). The van der Waals surface area contributed by atoms with E-state index in [0.717, 1.165) is 58.4 Å². The van der Waals surface area contributed by atoms with E-state index in [1.165, 1.54) is 0 Å². The van der Waals surface area contributed by atoms with Gasteiger partial charge in [0.25, 0.3) is 23.6 Å². The highest BCUT2D eigenvalue weighted by molar-refractivity contribution is 9.08. The normalized spacial score (nSPS) is 14.3. The van der Waals surface area contributed by atoms with Crippen LogP contribution in [0.4, 0.5) is 11.4 Å². The lowest BCUT2D eigenvalue weighted by molar-refractivity contribution is 0.0688. The Morgan fingerprint density at radius 2 is 1.02 bits per heavy atom. The molecule has 2 aliphatic heterocycles. The van der Waals surface area contributed by atoms with Crippen LogP contribution < -0.4 is 21.3 Å². The molecule has 2 saturated heterocycles. The Morgan fingerprint density at radius 3 is 1.48 bits per heavy atom. The number of carbonyl (C=O) groups is 4. The van der Waals surface area contributed by atoms with Gasteiger partial charge in [-0.05, 0) is 101 Å². The fourth-order valence-electron chi connectivity index (χ4n) is 7.89. The second kappa shape index (κ2) is 21.0. The smallest absolute Gasteiger partial charge is 0.272 e. The molecule has 2 aliphatic rings. The molecule has 5 heterocycles. The maximum atomic E-state index is 13.3. The molecule has 4 N–H and O–H groups in total.